The monoisotopic (exact) mass is 669 g/mol. The third kappa shape index (κ3) is 12.9. The van der Waals surface area contributed by atoms with E-state index in [1.807, 2.05) is 41.7 Å². The Bertz CT molecular complexity index is 1130. The molecule has 1 aliphatic rings. The summed E-state index contributed by atoms with van der Waals surface area (Å²) < 4.78 is 18.8. The Morgan fingerprint density at radius 2 is 2.02 bits per heavy atom. The summed E-state index contributed by atoms with van der Waals surface area (Å²) in [7, 11) is 1.97. The number of aliphatic hydroxyl groups is 1. The first-order chi connectivity index (χ1) is 22.4. The second-order valence-electron chi connectivity index (χ2n) is 12.2. The number of piperidine rings is 1. The minimum absolute atomic E-state index is 0.0703. The molecule has 13 heteroatoms. The number of likely N-dealkylation sites (tertiary alicyclic amines) is 1. The van der Waals surface area contributed by atoms with E-state index >= 15 is 0 Å². The Balaban J connectivity index is 0.00000354. The fraction of sp³-hybridized carbons (Fsp3) is 0.781. The molecule has 1 aromatic heterocycles. The summed E-state index contributed by atoms with van der Waals surface area (Å²) in [4.78, 5) is 61.6. The average molecular weight is 670 g/mol. The molecule has 2 rings (SSSR count). The van der Waals surface area contributed by atoms with Crippen molar-refractivity contribution in [3.8, 4) is 0 Å². The van der Waals surface area contributed by atoms with E-state index in [1.54, 1.807) is 17.2 Å². The predicted molar refractivity (Wildman–Crippen MR) is 183 cm³/mol. The van der Waals surface area contributed by atoms with Crippen LogP contribution in [0.1, 0.15) is 115 Å². The Kier molecular flexibility index (Phi) is 18.0. The largest absolute Gasteiger partial charge is 0.461 e. The van der Waals surface area contributed by atoms with Gasteiger partial charge in [-0.2, -0.15) is 0 Å². The summed E-state index contributed by atoms with van der Waals surface area (Å²) in [5.74, 6) is -1.75. The summed E-state index contributed by atoms with van der Waals surface area (Å²) in [6.07, 6.45) is 4.78. The third-order valence-electron chi connectivity index (χ3n) is 8.57. The van der Waals surface area contributed by atoms with E-state index in [2.05, 4.69) is 27.3 Å². The molecule has 0 saturated carbocycles. The van der Waals surface area contributed by atoms with Gasteiger partial charge in [0.25, 0.3) is 0 Å². The van der Waals surface area contributed by atoms with Crippen LogP contribution in [0.25, 0.3) is 0 Å². The number of hydrogen-bond donors (Lipinski definition) is 2. The predicted octanol–water partition coefficient (Wildman–Crippen LogP) is 4.62. The number of likely N-dealkylation sites (N-methyl/N-ethyl adjacent to an activating group) is 1. The number of nitrogens with zero attached hydrogens (tertiary/aromatic N) is 3. The Labute approximate surface area is 283 Å². The van der Waals surface area contributed by atoms with E-state index in [0.29, 0.717) is 18.0 Å². The number of aliphatic hydroxyl groups excluding tert-OH is 1. The van der Waals surface area contributed by atoms with Crippen molar-refractivity contribution in [2.75, 3.05) is 33.3 Å². The van der Waals surface area contributed by atoms with Crippen molar-refractivity contribution in [1.82, 2.24) is 20.1 Å². The van der Waals surface area contributed by atoms with Gasteiger partial charge in [0.1, 0.15) is 11.1 Å². The molecular weight excluding hydrogens is 611 g/mol. The number of rotatable bonds is 19. The number of nitrogens with one attached hydrogen (secondary N) is 1. The first kappa shape index (κ1) is 37.4. The molecule has 2 amide bonds. The van der Waals surface area contributed by atoms with E-state index in [4.69, 9.17) is 12.6 Å². The number of amides is 2. The van der Waals surface area contributed by atoms with Crippen molar-refractivity contribution in [2.24, 2.45) is 17.8 Å². The molecule has 1 saturated heterocycles. The van der Waals surface area contributed by atoms with Crippen molar-refractivity contribution in [1.29, 1.82) is 2.77 Å². The maximum Gasteiger partial charge on any atom is 0.357 e. The summed E-state index contributed by atoms with van der Waals surface area (Å²) >= 11 is 5.12. The number of esters is 1. The Morgan fingerprint density at radius 1 is 1.31 bits per heavy atom. The van der Waals surface area contributed by atoms with Crippen LogP contribution in [-0.2, 0) is 19.1 Å². The maximum absolute atomic E-state index is 14.5. The smallest absolute Gasteiger partial charge is 0.357 e. The number of Topliss-reactive ketones (excluding diaryl/α,β-unsaturated/α-hetero) is 1. The molecule has 254 valence electrons. The van der Waals surface area contributed by atoms with Crippen LogP contribution in [-0.4, -0.2) is 98.3 Å². The maximum atomic E-state index is 14.5. The standard InChI is InChI=1S/C32H54N4O6S.BHS/c1-8-11-15-33-29(39)19-36(26(21(4)5)18-28(38)30-34-24(20-43-30)32(41)42-10-3)31(40)23(22(6)9-2)17-27(37)25-14-12-13-16-35(25)7;1-2/h20-23,25-26,28,38H,8-19H2,1-7H3,(H,33,39);1H/t22-,23-,25+,26+,28+;/m0./s1/i38T;1D. The van der Waals surface area contributed by atoms with Gasteiger partial charge >= 0.3 is 26.0 Å². The minimum atomic E-state index is -0.839. The van der Waals surface area contributed by atoms with E-state index in [9.17, 15) is 19.2 Å². The van der Waals surface area contributed by atoms with Crippen LogP contribution in [0.5, 0.6) is 0 Å². The van der Waals surface area contributed by atoms with Gasteiger partial charge in [-0.15, -0.1) is 11.3 Å². The van der Waals surface area contributed by atoms with Crippen molar-refractivity contribution in [3.63, 3.8) is 0 Å². The zero-order chi connectivity index (χ0) is 35.5. The molecule has 0 unspecified atom stereocenters. The SMILES string of the molecule is [2H]B=S.[3H]O[C@H](C[C@H](C(C)C)N(CC(=O)NCCCC)C(=O)[C@@H](CC(=O)[C@H]1CCCCN1C)[C@@H](C)CC)c1nc(C(=O)OCC)cs1. The van der Waals surface area contributed by atoms with Gasteiger partial charge in [-0.25, -0.2) is 9.78 Å². The fourth-order valence-corrected chi connectivity index (χ4v) is 6.43. The molecule has 10 nitrogen and oxygen atoms in total. The number of ketones is 1. The quantitative estimate of drug-likeness (QED) is 0.123. The van der Waals surface area contributed by atoms with Crippen molar-refractivity contribution in [2.45, 2.75) is 111 Å². The molecular formula is C32H55BN4O6S2. The molecule has 2 N–H and O–H groups in total. The van der Waals surface area contributed by atoms with E-state index < -0.39 is 24.0 Å². The Hall–Kier alpha value is -2.09. The Morgan fingerprint density at radius 3 is 2.60 bits per heavy atom. The first-order valence-corrected chi connectivity index (χ1v) is 17.6. The fourth-order valence-electron chi connectivity index (χ4n) is 5.65. The molecule has 45 heavy (non-hydrogen) atoms. The number of carbonyl (C=O) groups excluding carboxylic acids is 4. The van der Waals surface area contributed by atoms with Gasteiger partial charge in [0.05, 0.1) is 19.2 Å². The van der Waals surface area contributed by atoms with Gasteiger partial charge in [-0.1, -0.05) is 53.9 Å². The summed E-state index contributed by atoms with van der Waals surface area (Å²) in [5.41, 5.74) is 0.140. The molecule has 0 aliphatic carbocycles. The van der Waals surface area contributed by atoms with Crippen LogP contribution in [0.15, 0.2) is 5.38 Å². The van der Waals surface area contributed by atoms with Crippen LogP contribution in [0.3, 0.4) is 0 Å². The summed E-state index contributed by atoms with van der Waals surface area (Å²) in [6.45, 7) is 14.0. The van der Waals surface area contributed by atoms with Crippen molar-refractivity contribution in [3.05, 3.63) is 16.1 Å². The molecule has 0 radical (unpaired) electrons. The number of unbranched alkanes of at least 4 members (excludes halogenated alkanes) is 1. The minimum Gasteiger partial charge on any atom is -0.461 e. The van der Waals surface area contributed by atoms with Crippen molar-refractivity contribution < 1.29 is 29.0 Å². The van der Waals surface area contributed by atoms with E-state index in [-0.39, 0.29) is 67.2 Å². The van der Waals surface area contributed by atoms with Crippen LogP contribution < -0.4 is 5.32 Å². The molecule has 0 bridgehead atoms. The average Bonchev–Trinajstić information content (AvgIpc) is 3.53. The van der Waals surface area contributed by atoms with Crippen LogP contribution >= 0.6 is 23.4 Å². The number of ether oxygens (including phenoxy) is 1. The zero-order valence-corrected chi connectivity index (χ0v) is 29.8. The van der Waals surface area contributed by atoms with Gasteiger partial charge in [0, 0.05) is 36.7 Å². The molecule has 1 aromatic rings. The van der Waals surface area contributed by atoms with Gasteiger partial charge in [0.15, 0.2) is 11.5 Å². The molecule has 5 atom stereocenters. The van der Waals surface area contributed by atoms with Gasteiger partial charge in [0.2, 0.25) is 13.2 Å². The summed E-state index contributed by atoms with van der Waals surface area (Å²) in [6, 6.07) is -0.696. The van der Waals surface area contributed by atoms with E-state index in [0.717, 1.165) is 45.3 Å². The molecule has 1 fully saturated rings. The van der Waals surface area contributed by atoms with Gasteiger partial charge < -0.3 is 20.1 Å². The van der Waals surface area contributed by atoms with Gasteiger partial charge in [-0.3, -0.25) is 19.3 Å². The number of hydrogen-bond acceptors (Lipinski definition) is 10. The zero-order valence-electron chi connectivity index (χ0n) is 30.2. The number of aromatic nitrogens is 1. The molecule has 0 aromatic carbocycles. The van der Waals surface area contributed by atoms with Crippen LogP contribution in [0.4, 0.5) is 0 Å². The van der Waals surface area contributed by atoms with Crippen LogP contribution in [0, 0.1) is 17.8 Å². The van der Waals surface area contributed by atoms with Crippen LogP contribution in [0.2, 0.25) is 0 Å². The topological polar surface area (TPSA) is 129 Å². The second kappa shape index (κ2) is 21.7. The second-order valence-corrected chi connectivity index (χ2v) is 13.0. The molecule has 0 spiro atoms. The van der Waals surface area contributed by atoms with Crippen molar-refractivity contribution >= 4 is 53.6 Å². The number of thiazole rings is 1. The number of carbonyl (C=O) groups is 4. The normalized spacial score (nSPS) is 18.2. The summed E-state index contributed by atoms with van der Waals surface area (Å²) in [5, 5.41) is 10.0. The third-order valence-corrected chi connectivity index (χ3v) is 9.50. The first-order valence-electron chi connectivity index (χ1n) is 17.2. The molecule has 1 aliphatic heterocycles. The molecule has 2 heterocycles. The van der Waals surface area contributed by atoms with Gasteiger partial charge in [-0.05, 0) is 51.6 Å². The van der Waals surface area contributed by atoms with E-state index in [1.165, 1.54) is 11.3 Å².